The van der Waals surface area contributed by atoms with Crippen LogP contribution in [-0.4, -0.2) is 35.3 Å². The minimum absolute atomic E-state index is 0.289. The summed E-state index contributed by atoms with van der Waals surface area (Å²) >= 11 is 0.503. The molecule has 0 aliphatic heterocycles. The molecule has 0 bridgehead atoms. The standard InChI is InChI=1S/C14H18F3NO2S/c1-2-10-3-5-11(6-4-10)12(7-19)18-13(20)8-21-9-14(15,16)17/h3-6,12,19H,2,7-9H2,1H3,(H,18,20). The van der Waals surface area contributed by atoms with Crippen LogP contribution in [0.5, 0.6) is 0 Å². The van der Waals surface area contributed by atoms with Crippen molar-refractivity contribution in [3.63, 3.8) is 0 Å². The summed E-state index contributed by atoms with van der Waals surface area (Å²) in [5.74, 6) is -1.87. The Hall–Kier alpha value is -1.21. The van der Waals surface area contributed by atoms with E-state index in [-0.39, 0.29) is 12.4 Å². The molecule has 1 rings (SSSR count). The SMILES string of the molecule is CCc1ccc(C(CO)NC(=O)CSCC(F)(F)F)cc1. The van der Waals surface area contributed by atoms with Gasteiger partial charge in [0.05, 0.1) is 24.2 Å². The van der Waals surface area contributed by atoms with Gasteiger partial charge in [0.25, 0.3) is 0 Å². The Kier molecular flexibility index (Phi) is 7.04. The highest BCUT2D eigenvalue weighted by molar-refractivity contribution is 8.00. The number of benzene rings is 1. The van der Waals surface area contributed by atoms with E-state index >= 15 is 0 Å². The zero-order valence-corrected chi connectivity index (χ0v) is 12.4. The fourth-order valence-corrected chi connectivity index (χ4v) is 2.32. The largest absolute Gasteiger partial charge is 0.397 e. The van der Waals surface area contributed by atoms with Crippen molar-refractivity contribution in [3.8, 4) is 0 Å². The summed E-state index contributed by atoms with van der Waals surface area (Å²) in [5, 5.41) is 11.8. The second-order valence-electron chi connectivity index (χ2n) is 4.51. The molecule has 1 amide bonds. The Morgan fingerprint density at radius 1 is 1.33 bits per heavy atom. The van der Waals surface area contributed by atoms with Crippen LogP contribution < -0.4 is 5.32 Å². The van der Waals surface area contributed by atoms with Crippen LogP contribution >= 0.6 is 11.8 Å². The van der Waals surface area contributed by atoms with E-state index < -0.39 is 23.9 Å². The summed E-state index contributed by atoms with van der Waals surface area (Å²) in [5.41, 5.74) is 1.85. The van der Waals surface area contributed by atoms with Crippen LogP contribution in [0, 0.1) is 0 Å². The maximum absolute atomic E-state index is 12.0. The molecule has 0 heterocycles. The zero-order chi connectivity index (χ0) is 15.9. The lowest BCUT2D eigenvalue weighted by atomic mass is 10.0. The number of nitrogens with one attached hydrogen (secondary N) is 1. The topological polar surface area (TPSA) is 49.3 Å². The first kappa shape index (κ1) is 17.8. The first-order valence-electron chi connectivity index (χ1n) is 6.49. The van der Waals surface area contributed by atoms with Gasteiger partial charge in [-0.15, -0.1) is 11.8 Å². The first-order valence-corrected chi connectivity index (χ1v) is 7.64. The lowest BCUT2D eigenvalue weighted by Gasteiger charge is -2.17. The number of halogens is 3. The van der Waals surface area contributed by atoms with Crippen molar-refractivity contribution in [2.75, 3.05) is 18.1 Å². The number of aliphatic hydroxyl groups is 1. The fraction of sp³-hybridized carbons (Fsp3) is 0.500. The molecule has 0 saturated carbocycles. The molecule has 1 aromatic rings. The van der Waals surface area contributed by atoms with Gasteiger partial charge in [-0.1, -0.05) is 31.2 Å². The average Bonchev–Trinajstić information content (AvgIpc) is 2.43. The third-order valence-corrected chi connectivity index (χ3v) is 3.80. The first-order chi connectivity index (χ1) is 9.85. The van der Waals surface area contributed by atoms with Crippen molar-refractivity contribution >= 4 is 17.7 Å². The number of aliphatic hydroxyl groups excluding tert-OH is 1. The van der Waals surface area contributed by atoms with Crippen LogP contribution in [-0.2, 0) is 11.2 Å². The molecule has 3 nitrogen and oxygen atoms in total. The van der Waals surface area contributed by atoms with Gasteiger partial charge >= 0.3 is 6.18 Å². The lowest BCUT2D eigenvalue weighted by molar-refractivity contribution is -0.119. The predicted molar refractivity (Wildman–Crippen MR) is 77.2 cm³/mol. The van der Waals surface area contributed by atoms with Crippen molar-refractivity contribution < 1.29 is 23.1 Å². The summed E-state index contributed by atoms with van der Waals surface area (Å²) in [7, 11) is 0. The number of hydrogen-bond donors (Lipinski definition) is 2. The second-order valence-corrected chi connectivity index (χ2v) is 5.49. The van der Waals surface area contributed by atoms with Crippen LogP contribution in [0.2, 0.25) is 0 Å². The van der Waals surface area contributed by atoms with Gasteiger partial charge in [0.1, 0.15) is 0 Å². The number of carbonyl (C=O) groups excluding carboxylic acids is 1. The Bertz CT molecular complexity index is 449. The maximum Gasteiger partial charge on any atom is 0.397 e. The normalized spacial score (nSPS) is 13.0. The third kappa shape index (κ3) is 6.86. The molecule has 0 spiro atoms. The Labute approximate surface area is 125 Å². The summed E-state index contributed by atoms with van der Waals surface area (Å²) < 4.78 is 35.9. The molecule has 1 unspecified atom stereocenters. The molecular formula is C14H18F3NO2S. The highest BCUT2D eigenvalue weighted by Crippen LogP contribution is 2.21. The van der Waals surface area contributed by atoms with Gasteiger partial charge in [0.15, 0.2) is 0 Å². The molecule has 0 fully saturated rings. The predicted octanol–water partition coefficient (Wildman–Crippen LogP) is 2.69. The number of aryl methyl sites for hydroxylation is 1. The van der Waals surface area contributed by atoms with E-state index in [1.54, 1.807) is 12.1 Å². The van der Waals surface area contributed by atoms with Crippen molar-refractivity contribution in [3.05, 3.63) is 35.4 Å². The Morgan fingerprint density at radius 2 is 1.95 bits per heavy atom. The molecule has 0 radical (unpaired) electrons. The number of carbonyl (C=O) groups is 1. The van der Waals surface area contributed by atoms with Gasteiger partial charge in [-0.3, -0.25) is 4.79 Å². The second kappa shape index (κ2) is 8.29. The van der Waals surface area contributed by atoms with Crippen molar-refractivity contribution in [2.24, 2.45) is 0 Å². The van der Waals surface area contributed by atoms with Gasteiger partial charge < -0.3 is 10.4 Å². The number of amides is 1. The van der Waals surface area contributed by atoms with E-state index in [9.17, 15) is 23.1 Å². The van der Waals surface area contributed by atoms with E-state index in [1.807, 2.05) is 19.1 Å². The third-order valence-electron chi connectivity index (χ3n) is 2.81. The number of alkyl halides is 3. The summed E-state index contributed by atoms with van der Waals surface area (Å²) in [6, 6.07) is 6.77. The minimum atomic E-state index is -4.28. The number of rotatable bonds is 7. The Balaban J connectivity index is 2.50. The van der Waals surface area contributed by atoms with Gasteiger partial charge in [-0.2, -0.15) is 13.2 Å². The van der Waals surface area contributed by atoms with E-state index in [1.165, 1.54) is 0 Å². The minimum Gasteiger partial charge on any atom is -0.394 e. The van der Waals surface area contributed by atoms with E-state index in [4.69, 9.17) is 0 Å². The molecular weight excluding hydrogens is 303 g/mol. The monoisotopic (exact) mass is 321 g/mol. The van der Waals surface area contributed by atoms with Crippen molar-refractivity contribution in [2.45, 2.75) is 25.6 Å². The van der Waals surface area contributed by atoms with E-state index in [2.05, 4.69) is 5.32 Å². The quantitative estimate of drug-likeness (QED) is 0.812. The maximum atomic E-state index is 12.0. The Morgan fingerprint density at radius 3 is 2.43 bits per heavy atom. The van der Waals surface area contributed by atoms with Gasteiger partial charge in [-0.05, 0) is 17.5 Å². The number of hydrogen-bond acceptors (Lipinski definition) is 3. The molecule has 118 valence electrons. The summed E-state index contributed by atoms with van der Waals surface area (Å²) in [6.45, 7) is 1.71. The fourth-order valence-electron chi connectivity index (χ4n) is 1.72. The van der Waals surface area contributed by atoms with Gasteiger partial charge in [-0.25, -0.2) is 0 Å². The van der Waals surface area contributed by atoms with Crippen LogP contribution in [0.4, 0.5) is 13.2 Å². The van der Waals surface area contributed by atoms with E-state index in [0.717, 1.165) is 17.5 Å². The molecule has 0 saturated heterocycles. The molecule has 1 aromatic carbocycles. The summed E-state index contributed by atoms with van der Waals surface area (Å²) in [4.78, 5) is 11.6. The zero-order valence-electron chi connectivity index (χ0n) is 11.6. The molecule has 2 N–H and O–H groups in total. The van der Waals surface area contributed by atoms with Gasteiger partial charge in [0, 0.05) is 0 Å². The van der Waals surface area contributed by atoms with Crippen molar-refractivity contribution in [1.29, 1.82) is 0 Å². The molecule has 21 heavy (non-hydrogen) atoms. The smallest absolute Gasteiger partial charge is 0.394 e. The van der Waals surface area contributed by atoms with Crippen LogP contribution in [0.25, 0.3) is 0 Å². The highest BCUT2D eigenvalue weighted by atomic mass is 32.2. The van der Waals surface area contributed by atoms with E-state index in [0.29, 0.717) is 11.8 Å². The molecule has 0 aromatic heterocycles. The number of thioether (sulfide) groups is 1. The average molecular weight is 321 g/mol. The molecule has 0 aliphatic carbocycles. The highest BCUT2D eigenvalue weighted by Gasteiger charge is 2.27. The van der Waals surface area contributed by atoms with Crippen LogP contribution in [0.3, 0.4) is 0 Å². The summed E-state index contributed by atoms with van der Waals surface area (Å²) in [6.07, 6.45) is -3.40. The van der Waals surface area contributed by atoms with Gasteiger partial charge in [0.2, 0.25) is 5.91 Å². The van der Waals surface area contributed by atoms with Crippen LogP contribution in [0.1, 0.15) is 24.1 Å². The molecule has 1 atom stereocenters. The van der Waals surface area contributed by atoms with Crippen molar-refractivity contribution in [1.82, 2.24) is 5.32 Å². The lowest BCUT2D eigenvalue weighted by Crippen LogP contribution is -2.32. The van der Waals surface area contributed by atoms with Crippen LogP contribution in [0.15, 0.2) is 24.3 Å². The molecule has 7 heteroatoms. The molecule has 0 aliphatic rings.